The zero-order chi connectivity index (χ0) is 19.3. The molecule has 0 saturated carbocycles. The lowest BCUT2D eigenvalue weighted by atomic mass is 9.98. The Balaban J connectivity index is 1.38. The average Bonchev–Trinajstić information content (AvgIpc) is 3.24. The molecule has 1 unspecified atom stereocenters. The maximum Gasteiger partial charge on any atom is 0.260 e. The standard InChI is InChI=1S/C21H20FN3O3/c22-17-10-8-15(9-11-17)20-23-24-21(28-20)16-5-4-12-25(13-16)19(26)14-27-18-6-2-1-3-7-18/h1-3,6-11,16H,4-5,12-14H2. The molecule has 28 heavy (non-hydrogen) atoms. The minimum atomic E-state index is -0.317. The number of piperidine rings is 1. The fourth-order valence-corrected chi connectivity index (χ4v) is 3.27. The number of hydrogen-bond acceptors (Lipinski definition) is 5. The molecule has 1 fully saturated rings. The van der Waals surface area contributed by atoms with Gasteiger partial charge in [-0.3, -0.25) is 4.79 Å². The van der Waals surface area contributed by atoms with E-state index in [4.69, 9.17) is 9.15 Å². The van der Waals surface area contributed by atoms with Crippen molar-refractivity contribution in [1.29, 1.82) is 0 Å². The molecule has 1 saturated heterocycles. The maximum absolute atomic E-state index is 13.1. The summed E-state index contributed by atoms with van der Waals surface area (Å²) >= 11 is 0. The molecule has 1 aliphatic rings. The topological polar surface area (TPSA) is 68.5 Å². The van der Waals surface area contributed by atoms with Crippen molar-refractivity contribution in [1.82, 2.24) is 15.1 Å². The Labute approximate surface area is 161 Å². The summed E-state index contributed by atoms with van der Waals surface area (Å²) < 4.78 is 24.4. The summed E-state index contributed by atoms with van der Waals surface area (Å²) in [6.07, 6.45) is 1.73. The van der Waals surface area contributed by atoms with Gasteiger partial charge in [0.1, 0.15) is 11.6 Å². The number of carbonyl (C=O) groups is 1. The molecule has 1 aliphatic heterocycles. The van der Waals surface area contributed by atoms with Crippen molar-refractivity contribution in [2.24, 2.45) is 0 Å². The van der Waals surface area contributed by atoms with E-state index < -0.39 is 0 Å². The van der Waals surface area contributed by atoms with Crippen LogP contribution in [0.15, 0.2) is 59.0 Å². The van der Waals surface area contributed by atoms with Crippen molar-refractivity contribution in [2.75, 3.05) is 19.7 Å². The van der Waals surface area contributed by atoms with E-state index in [9.17, 15) is 9.18 Å². The van der Waals surface area contributed by atoms with Gasteiger partial charge in [-0.05, 0) is 49.2 Å². The summed E-state index contributed by atoms with van der Waals surface area (Å²) in [5.41, 5.74) is 0.667. The van der Waals surface area contributed by atoms with Crippen LogP contribution in [0.2, 0.25) is 0 Å². The predicted molar refractivity (Wildman–Crippen MR) is 100 cm³/mol. The Morgan fingerprint density at radius 1 is 1.14 bits per heavy atom. The number of aromatic nitrogens is 2. The molecule has 3 aromatic rings. The van der Waals surface area contributed by atoms with Gasteiger partial charge >= 0.3 is 0 Å². The van der Waals surface area contributed by atoms with Crippen molar-refractivity contribution >= 4 is 5.91 Å². The van der Waals surface area contributed by atoms with E-state index in [-0.39, 0.29) is 24.2 Å². The van der Waals surface area contributed by atoms with Crippen LogP contribution in [-0.2, 0) is 4.79 Å². The van der Waals surface area contributed by atoms with Gasteiger partial charge in [-0.15, -0.1) is 10.2 Å². The van der Waals surface area contributed by atoms with E-state index in [1.54, 1.807) is 17.0 Å². The van der Waals surface area contributed by atoms with Crippen LogP contribution in [0, 0.1) is 5.82 Å². The van der Waals surface area contributed by atoms with Crippen LogP contribution < -0.4 is 4.74 Å². The smallest absolute Gasteiger partial charge is 0.260 e. The van der Waals surface area contributed by atoms with Crippen LogP contribution in [0.25, 0.3) is 11.5 Å². The normalized spacial score (nSPS) is 16.8. The van der Waals surface area contributed by atoms with E-state index in [0.29, 0.717) is 36.2 Å². The summed E-state index contributed by atoms with van der Waals surface area (Å²) in [6.45, 7) is 1.20. The van der Waals surface area contributed by atoms with Crippen molar-refractivity contribution in [3.8, 4) is 17.2 Å². The molecule has 7 heteroatoms. The zero-order valence-electron chi connectivity index (χ0n) is 15.3. The maximum atomic E-state index is 13.1. The number of hydrogen-bond donors (Lipinski definition) is 0. The lowest BCUT2D eigenvalue weighted by molar-refractivity contribution is -0.134. The van der Waals surface area contributed by atoms with E-state index in [0.717, 1.165) is 12.8 Å². The second kappa shape index (κ2) is 8.21. The number of likely N-dealkylation sites (tertiary alicyclic amines) is 1. The van der Waals surface area contributed by atoms with Gasteiger partial charge < -0.3 is 14.1 Å². The van der Waals surface area contributed by atoms with Gasteiger partial charge in [-0.2, -0.15) is 0 Å². The highest BCUT2D eigenvalue weighted by Gasteiger charge is 2.28. The SMILES string of the molecule is O=C(COc1ccccc1)N1CCCC(c2nnc(-c3ccc(F)cc3)o2)C1. The second-order valence-corrected chi connectivity index (χ2v) is 6.73. The molecule has 0 spiro atoms. The van der Waals surface area contributed by atoms with E-state index in [1.165, 1.54) is 12.1 Å². The van der Waals surface area contributed by atoms with Gasteiger partial charge in [-0.1, -0.05) is 18.2 Å². The third kappa shape index (κ3) is 4.19. The molecule has 1 atom stereocenters. The van der Waals surface area contributed by atoms with Crippen LogP contribution in [0.3, 0.4) is 0 Å². The van der Waals surface area contributed by atoms with Crippen molar-refractivity contribution in [3.63, 3.8) is 0 Å². The third-order valence-electron chi connectivity index (χ3n) is 4.76. The van der Waals surface area contributed by atoms with Gasteiger partial charge in [0.25, 0.3) is 5.91 Å². The molecule has 2 heterocycles. The number of amides is 1. The number of rotatable bonds is 5. The van der Waals surface area contributed by atoms with Crippen LogP contribution in [0.1, 0.15) is 24.7 Å². The number of para-hydroxylation sites is 1. The van der Waals surface area contributed by atoms with Gasteiger partial charge in [0.05, 0.1) is 5.92 Å². The Morgan fingerprint density at radius 3 is 2.71 bits per heavy atom. The molecular weight excluding hydrogens is 361 g/mol. The first kappa shape index (κ1) is 18.2. The summed E-state index contributed by atoms with van der Waals surface area (Å²) in [4.78, 5) is 14.3. The first-order valence-corrected chi connectivity index (χ1v) is 9.24. The number of nitrogens with zero attached hydrogens (tertiary/aromatic N) is 3. The third-order valence-corrected chi connectivity index (χ3v) is 4.76. The van der Waals surface area contributed by atoms with Gasteiger partial charge in [0, 0.05) is 18.7 Å². The van der Waals surface area contributed by atoms with Crippen molar-refractivity contribution in [2.45, 2.75) is 18.8 Å². The van der Waals surface area contributed by atoms with Crippen molar-refractivity contribution < 1.29 is 18.3 Å². The van der Waals surface area contributed by atoms with Crippen molar-refractivity contribution in [3.05, 3.63) is 66.3 Å². The Hall–Kier alpha value is -3.22. The van der Waals surface area contributed by atoms with Crippen LogP contribution in [0.4, 0.5) is 4.39 Å². The average molecular weight is 381 g/mol. The quantitative estimate of drug-likeness (QED) is 0.675. The molecule has 0 N–H and O–H groups in total. The molecule has 1 aromatic heterocycles. The molecule has 144 valence electrons. The summed E-state index contributed by atoms with van der Waals surface area (Å²) in [7, 11) is 0. The molecule has 2 aromatic carbocycles. The number of benzene rings is 2. The van der Waals surface area contributed by atoms with Crippen LogP contribution in [0.5, 0.6) is 5.75 Å². The summed E-state index contributed by atoms with van der Waals surface area (Å²) in [6, 6.07) is 15.2. The van der Waals surface area contributed by atoms with Crippen LogP contribution in [-0.4, -0.2) is 40.7 Å². The molecule has 0 bridgehead atoms. The zero-order valence-corrected chi connectivity index (χ0v) is 15.3. The van der Waals surface area contributed by atoms with Gasteiger partial charge in [0.15, 0.2) is 6.61 Å². The van der Waals surface area contributed by atoms with E-state index >= 15 is 0 Å². The monoisotopic (exact) mass is 381 g/mol. The Kier molecular flexibility index (Phi) is 5.32. The Bertz CT molecular complexity index is 928. The van der Waals surface area contributed by atoms with Crippen LogP contribution >= 0.6 is 0 Å². The first-order chi connectivity index (χ1) is 13.7. The first-order valence-electron chi connectivity index (χ1n) is 9.24. The molecule has 4 rings (SSSR count). The largest absolute Gasteiger partial charge is 0.484 e. The van der Waals surface area contributed by atoms with E-state index in [1.807, 2.05) is 30.3 Å². The predicted octanol–water partition coefficient (Wildman–Crippen LogP) is 3.66. The lowest BCUT2D eigenvalue weighted by Crippen LogP contribution is -2.41. The molecule has 0 aliphatic carbocycles. The Morgan fingerprint density at radius 2 is 1.93 bits per heavy atom. The fraction of sp³-hybridized carbons (Fsp3) is 0.286. The number of ether oxygens (including phenoxy) is 1. The highest BCUT2D eigenvalue weighted by Crippen LogP contribution is 2.28. The summed E-state index contributed by atoms with van der Waals surface area (Å²) in [5.74, 6) is 1.13. The lowest BCUT2D eigenvalue weighted by Gasteiger charge is -2.31. The molecule has 6 nitrogen and oxygen atoms in total. The fourth-order valence-electron chi connectivity index (χ4n) is 3.27. The second-order valence-electron chi connectivity index (χ2n) is 6.73. The number of halogens is 1. The molecule has 0 radical (unpaired) electrons. The number of carbonyl (C=O) groups excluding carboxylic acids is 1. The molecular formula is C21H20FN3O3. The molecule has 1 amide bonds. The van der Waals surface area contributed by atoms with Gasteiger partial charge in [0.2, 0.25) is 11.8 Å². The minimum Gasteiger partial charge on any atom is -0.484 e. The van der Waals surface area contributed by atoms with E-state index in [2.05, 4.69) is 10.2 Å². The summed E-state index contributed by atoms with van der Waals surface area (Å²) in [5, 5.41) is 8.22. The highest BCUT2D eigenvalue weighted by molar-refractivity contribution is 5.78. The highest BCUT2D eigenvalue weighted by atomic mass is 19.1. The van der Waals surface area contributed by atoms with Gasteiger partial charge in [-0.25, -0.2) is 4.39 Å². The minimum absolute atomic E-state index is 0.00139.